The SMILES string of the molecule is Cc1ccc(S(=O)(=O)C(CCN)CC(N)C(=O)CCl)cc1. The number of aryl methyl sites for hydroxylation is 1. The first-order valence-corrected chi connectivity index (χ1v) is 8.76. The minimum absolute atomic E-state index is 0.0267. The van der Waals surface area contributed by atoms with Gasteiger partial charge in [-0.1, -0.05) is 17.7 Å². The summed E-state index contributed by atoms with van der Waals surface area (Å²) in [5.41, 5.74) is 12.2. The summed E-state index contributed by atoms with van der Waals surface area (Å²) in [5.74, 6) is -0.584. The lowest BCUT2D eigenvalue weighted by Gasteiger charge is -2.20. The molecule has 0 radical (unpaired) electrons. The summed E-state index contributed by atoms with van der Waals surface area (Å²) >= 11 is 5.45. The maximum atomic E-state index is 12.6. The van der Waals surface area contributed by atoms with Crippen molar-refractivity contribution in [2.24, 2.45) is 11.5 Å². The average Bonchev–Trinajstić information content (AvgIpc) is 2.46. The second kappa shape index (κ2) is 7.89. The van der Waals surface area contributed by atoms with Gasteiger partial charge >= 0.3 is 0 Å². The zero-order valence-corrected chi connectivity index (χ0v) is 13.5. The molecule has 0 aliphatic carbocycles. The van der Waals surface area contributed by atoms with Gasteiger partial charge < -0.3 is 11.5 Å². The molecule has 2 atom stereocenters. The van der Waals surface area contributed by atoms with Crippen molar-refractivity contribution in [2.45, 2.75) is 36.0 Å². The predicted octanol–water partition coefficient (Wildman–Crippen LogP) is 1.01. The molecule has 1 aromatic carbocycles. The van der Waals surface area contributed by atoms with Gasteiger partial charge in [-0.2, -0.15) is 0 Å². The average molecular weight is 333 g/mol. The summed E-state index contributed by atoms with van der Waals surface area (Å²) in [6.45, 7) is 2.08. The maximum absolute atomic E-state index is 12.6. The Labute approximate surface area is 130 Å². The van der Waals surface area contributed by atoms with Crippen LogP contribution in [0.1, 0.15) is 18.4 Å². The van der Waals surface area contributed by atoms with Crippen molar-refractivity contribution in [1.29, 1.82) is 0 Å². The Kier molecular flexibility index (Phi) is 6.80. The number of carbonyl (C=O) groups excluding carboxylic acids is 1. The molecule has 0 fully saturated rings. The molecule has 0 aromatic heterocycles. The molecular weight excluding hydrogens is 312 g/mol. The van der Waals surface area contributed by atoms with Crippen molar-refractivity contribution in [2.75, 3.05) is 12.4 Å². The number of hydrogen-bond donors (Lipinski definition) is 2. The number of rotatable bonds is 8. The highest BCUT2D eigenvalue weighted by Crippen LogP contribution is 2.22. The van der Waals surface area contributed by atoms with Crippen molar-refractivity contribution in [3.63, 3.8) is 0 Å². The summed E-state index contributed by atoms with van der Waals surface area (Å²) in [4.78, 5) is 11.7. The standard InChI is InChI=1S/C14H21ClN2O3S/c1-10-2-4-11(5-3-10)21(19,20)12(6-7-16)8-13(17)14(18)9-15/h2-5,12-13H,6-9,16-17H2,1H3. The van der Waals surface area contributed by atoms with E-state index in [0.717, 1.165) is 5.56 Å². The Hall–Kier alpha value is -0.950. The molecule has 5 nitrogen and oxygen atoms in total. The Morgan fingerprint density at radius 3 is 2.33 bits per heavy atom. The van der Waals surface area contributed by atoms with E-state index in [4.69, 9.17) is 23.1 Å². The van der Waals surface area contributed by atoms with Gasteiger partial charge in [-0.25, -0.2) is 8.42 Å². The molecule has 2 unspecified atom stereocenters. The minimum Gasteiger partial charge on any atom is -0.330 e. The van der Waals surface area contributed by atoms with E-state index >= 15 is 0 Å². The number of halogens is 1. The number of sulfone groups is 1. The van der Waals surface area contributed by atoms with Crippen LogP contribution in [0.25, 0.3) is 0 Å². The number of hydrogen-bond acceptors (Lipinski definition) is 5. The number of alkyl halides is 1. The highest BCUT2D eigenvalue weighted by atomic mass is 35.5. The quantitative estimate of drug-likeness (QED) is 0.691. The van der Waals surface area contributed by atoms with E-state index in [9.17, 15) is 13.2 Å². The van der Waals surface area contributed by atoms with Crippen molar-refractivity contribution in [1.82, 2.24) is 0 Å². The van der Waals surface area contributed by atoms with Gasteiger partial charge in [0, 0.05) is 0 Å². The third-order valence-electron chi connectivity index (χ3n) is 3.34. The number of ketones is 1. The molecule has 0 amide bonds. The lowest BCUT2D eigenvalue weighted by atomic mass is 10.1. The molecule has 1 rings (SSSR count). The van der Waals surface area contributed by atoms with Gasteiger partial charge in [0.1, 0.15) is 0 Å². The summed E-state index contributed by atoms with van der Waals surface area (Å²) in [5, 5.41) is -0.785. The molecule has 21 heavy (non-hydrogen) atoms. The molecule has 118 valence electrons. The van der Waals surface area contributed by atoms with Gasteiger partial charge in [0.05, 0.1) is 22.1 Å². The summed E-state index contributed by atoms with van der Waals surface area (Å²) in [7, 11) is -3.57. The Morgan fingerprint density at radius 1 is 1.29 bits per heavy atom. The van der Waals surface area contributed by atoms with Gasteiger partial charge in [0.15, 0.2) is 15.6 Å². The summed E-state index contributed by atoms with van der Waals surface area (Å²) in [6.07, 6.45) is 0.276. The topological polar surface area (TPSA) is 103 Å². The molecule has 0 aliphatic heterocycles. The fourth-order valence-corrected chi connectivity index (χ4v) is 4.03. The fourth-order valence-electron chi connectivity index (χ4n) is 2.02. The van der Waals surface area contributed by atoms with Crippen LogP contribution < -0.4 is 11.5 Å². The smallest absolute Gasteiger partial charge is 0.181 e. The van der Waals surface area contributed by atoms with E-state index in [1.165, 1.54) is 0 Å². The van der Waals surface area contributed by atoms with Crippen molar-refractivity contribution in [3.8, 4) is 0 Å². The molecule has 0 spiro atoms. The van der Waals surface area contributed by atoms with E-state index in [2.05, 4.69) is 0 Å². The number of carbonyl (C=O) groups is 1. The van der Waals surface area contributed by atoms with E-state index in [1.807, 2.05) is 6.92 Å². The second-order valence-corrected chi connectivity index (χ2v) is 7.49. The van der Waals surface area contributed by atoms with Crippen LogP contribution >= 0.6 is 11.6 Å². The van der Waals surface area contributed by atoms with Crippen molar-refractivity contribution in [3.05, 3.63) is 29.8 Å². The maximum Gasteiger partial charge on any atom is 0.181 e. The normalized spacial score (nSPS) is 14.7. The summed E-state index contributed by atoms with van der Waals surface area (Å²) in [6, 6.07) is 5.69. The molecule has 0 heterocycles. The van der Waals surface area contributed by atoms with E-state index in [0.29, 0.717) is 0 Å². The van der Waals surface area contributed by atoms with Crippen LogP contribution in [0.4, 0.5) is 0 Å². The van der Waals surface area contributed by atoms with Crippen LogP contribution in [-0.4, -0.2) is 37.9 Å². The lowest BCUT2D eigenvalue weighted by Crippen LogP contribution is -2.38. The van der Waals surface area contributed by atoms with Crippen molar-refractivity contribution < 1.29 is 13.2 Å². The van der Waals surface area contributed by atoms with Gasteiger partial charge in [0.25, 0.3) is 0 Å². The Morgan fingerprint density at radius 2 is 1.86 bits per heavy atom. The van der Waals surface area contributed by atoms with Gasteiger partial charge in [0.2, 0.25) is 0 Å². The molecule has 0 saturated carbocycles. The van der Waals surface area contributed by atoms with Crippen LogP contribution in [0.2, 0.25) is 0 Å². The first kappa shape index (κ1) is 18.1. The zero-order valence-electron chi connectivity index (χ0n) is 12.0. The number of Topliss-reactive ketones (excluding diaryl/α,β-unsaturated/α-hetero) is 1. The largest absolute Gasteiger partial charge is 0.330 e. The second-order valence-electron chi connectivity index (χ2n) is 5.00. The van der Waals surface area contributed by atoms with Crippen LogP contribution in [0, 0.1) is 6.92 Å². The first-order chi connectivity index (χ1) is 9.82. The minimum atomic E-state index is -3.57. The third kappa shape index (κ3) is 4.78. The predicted molar refractivity (Wildman–Crippen MR) is 84.1 cm³/mol. The van der Waals surface area contributed by atoms with Crippen LogP contribution in [0.15, 0.2) is 29.2 Å². The monoisotopic (exact) mass is 332 g/mol. The highest BCUT2D eigenvalue weighted by Gasteiger charge is 2.30. The Balaban J connectivity index is 3.03. The molecule has 0 bridgehead atoms. The van der Waals surface area contributed by atoms with Gasteiger partial charge in [-0.05, 0) is 38.4 Å². The van der Waals surface area contributed by atoms with E-state index in [1.54, 1.807) is 24.3 Å². The van der Waals surface area contributed by atoms with E-state index < -0.39 is 21.1 Å². The fraction of sp³-hybridized carbons (Fsp3) is 0.500. The molecule has 4 N–H and O–H groups in total. The molecule has 7 heteroatoms. The lowest BCUT2D eigenvalue weighted by molar-refractivity contribution is -0.118. The molecular formula is C14H21ClN2O3S. The molecule has 0 aliphatic rings. The van der Waals surface area contributed by atoms with Gasteiger partial charge in [-0.15, -0.1) is 11.6 Å². The van der Waals surface area contributed by atoms with E-state index in [-0.39, 0.29) is 35.9 Å². The third-order valence-corrected chi connectivity index (χ3v) is 5.84. The van der Waals surface area contributed by atoms with Gasteiger partial charge in [-0.3, -0.25) is 4.79 Å². The zero-order chi connectivity index (χ0) is 16.0. The van der Waals surface area contributed by atoms with Crippen LogP contribution in [0.3, 0.4) is 0 Å². The molecule has 0 saturated heterocycles. The highest BCUT2D eigenvalue weighted by molar-refractivity contribution is 7.92. The van der Waals surface area contributed by atoms with Crippen molar-refractivity contribution >= 4 is 27.2 Å². The molecule has 1 aromatic rings. The summed E-state index contributed by atoms with van der Waals surface area (Å²) < 4.78 is 25.2. The first-order valence-electron chi connectivity index (χ1n) is 6.67. The van der Waals surface area contributed by atoms with Crippen LogP contribution in [0.5, 0.6) is 0 Å². The Bertz CT molecular complexity index is 572. The number of benzene rings is 1. The van der Waals surface area contributed by atoms with Crippen LogP contribution in [-0.2, 0) is 14.6 Å². The number of nitrogens with two attached hydrogens (primary N) is 2.